The molecule has 0 aromatic heterocycles. The minimum atomic E-state index is 0.0101. The molecular formula is C17H20ClNO. The molecule has 106 valence electrons. The highest BCUT2D eigenvalue weighted by Crippen LogP contribution is 2.25. The number of hydrogen-bond donors (Lipinski definition) is 1. The highest BCUT2D eigenvalue weighted by atomic mass is 35.5. The zero-order chi connectivity index (χ0) is 14.5. The number of aryl methyl sites for hydroxylation is 2. The quantitative estimate of drug-likeness (QED) is 0.891. The summed E-state index contributed by atoms with van der Waals surface area (Å²) < 4.78 is 5.27. The molecule has 2 rings (SSSR count). The zero-order valence-electron chi connectivity index (χ0n) is 11.9. The van der Waals surface area contributed by atoms with Crippen molar-refractivity contribution >= 4 is 11.6 Å². The van der Waals surface area contributed by atoms with Gasteiger partial charge in [-0.1, -0.05) is 41.9 Å². The minimum Gasteiger partial charge on any atom is -0.496 e. The van der Waals surface area contributed by atoms with Gasteiger partial charge in [0.05, 0.1) is 7.11 Å². The number of benzene rings is 2. The molecule has 0 aliphatic rings. The van der Waals surface area contributed by atoms with Crippen molar-refractivity contribution in [2.24, 2.45) is 5.73 Å². The lowest BCUT2D eigenvalue weighted by Gasteiger charge is -2.14. The van der Waals surface area contributed by atoms with E-state index in [9.17, 15) is 0 Å². The fourth-order valence-electron chi connectivity index (χ4n) is 2.31. The summed E-state index contributed by atoms with van der Waals surface area (Å²) in [6.45, 7) is 2.03. The summed E-state index contributed by atoms with van der Waals surface area (Å²) in [7, 11) is 1.68. The second-order valence-electron chi connectivity index (χ2n) is 4.97. The lowest BCUT2D eigenvalue weighted by atomic mass is 9.98. The largest absolute Gasteiger partial charge is 0.496 e. The second-order valence-corrected chi connectivity index (χ2v) is 5.37. The Morgan fingerprint density at radius 3 is 2.60 bits per heavy atom. The molecule has 0 bridgehead atoms. The van der Waals surface area contributed by atoms with E-state index < -0.39 is 0 Å². The smallest absolute Gasteiger partial charge is 0.121 e. The first-order valence-corrected chi connectivity index (χ1v) is 7.13. The highest BCUT2D eigenvalue weighted by molar-refractivity contribution is 6.31. The summed E-state index contributed by atoms with van der Waals surface area (Å²) in [5, 5.41) is 0.811. The molecule has 0 heterocycles. The Balaban J connectivity index is 2.03. The molecule has 0 aliphatic heterocycles. The lowest BCUT2D eigenvalue weighted by molar-refractivity contribution is 0.411. The van der Waals surface area contributed by atoms with Gasteiger partial charge >= 0.3 is 0 Å². The van der Waals surface area contributed by atoms with E-state index in [2.05, 4.69) is 6.07 Å². The van der Waals surface area contributed by atoms with Crippen LogP contribution >= 0.6 is 11.6 Å². The zero-order valence-corrected chi connectivity index (χ0v) is 12.7. The van der Waals surface area contributed by atoms with Crippen molar-refractivity contribution in [3.63, 3.8) is 0 Å². The van der Waals surface area contributed by atoms with E-state index in [1.54, 1.807) is 7.11 Å². The number of nitrogens with two attached hydrogens (primary N) is 1. The minimum absolute atomic E-state index is 0.0101. The highest BCUT2D eigenvalue weighted by Gasteiger charge is 2.09. The number of methoxy groups -OCH3 is 1. The third kappa shape index (κ3) is 3.53. The molecule has 1 atom stereocenters. The van der Waals surface area contributed by atoms with E-state index in [0.717, 1.165) is 40.3 Å². The van der Waals surface area contributed by atoms with Crippen LogP contribution in [0.5, 0.6) is 5.75 Å². The number of halogens is 1. The van der Waals surface area contributed by atoms with Gasteiger partial charge in [-0.3, -0.25) is 0 Å². The van der Waals surface area contributed by atoms with Gasteiger partial charge < -0.3 is 10.5 Å². The van der Waals surface area contributed by atoms with Crippen molar-refractivity contribution in [1.29, 1.82) is 0 Å². The first kappa shape index (κ1) is 14.9. The monoisotopic (exact) mass is 289 g/mol. The summed E-state index contributed by atoms with van der Waals surface area (Å²) in [6.07, 6.45) is 1.75. The molecule has 0 amide bonds. The van der Waals surface area contributed by atoms with E-state index in [0.29, 0.717) is 0 Å². The second kappa shape index (κ2) is 6.78. The van der Waals surface area contributed by atoms with Crippen LogP contribution in [0.2, 0.25) is 5.02 Å². The predicted molar refractivity (Wildman–Crippen MR) is 84.4 cm³/mol. The van der Waals surface area contributed by atoms with Crippen LogP contribution in [0, 0.1) is 6.92 Å². The van der Waals surface area contributed by atoms with Crippen LogP contribution in [-0.2, 0) is 6.42 Å². The maximum Gasteiger partial charge on any atom is 0.121 e. The SMILES string of the molecule is COc1ccc(C(N)CCc2ccccc2Cl)cc1C. The summed E-state index contributed by atoms with van der Waals surface area (Å²) in [5.41, 5.74) is 9.66. The van der Waals surface area contributed by atoms with Crippen molar-refractivity contribution in [2.45, 2.75) is 25.8 Å². The van der Waals surface area contributed by atoms with Gasteiger partial charge in [-0.05, 0) is 48.6 Å². The van der Waals surface area contributed by atoms with Gasteiger partial charge in [0, 0.05) is 11.1 Å². The molecule has 2 aromatic carbocycles. The first-order valence-electron chi connectivity index (χ1n) is 6.75. The number of ether oxygens (including phenoxy) is 1. The van der Waals surface area contributed by atoms with Gasteiger partial charge in [0.1, 0.15) is 5.75 Å². The van der Waals surface area contributed by atoms with Crippen molar-refractivity contribution in [2.75, 3.05) is 7.11 Å². The Bertz CT molecular complexity index is 583. The molecule has 2 N–H and O–H groups in total. The third-order valence-electron chi connectivity index (χ3n) is 3.53. The lowest BCUT2D eigenvalue weighted by Crippen LogP contribution is -2.11. The Labute approximate surface area is 125 Å². The first-order chi connectivity index (χ1) is 9.61. The molecule has 0 saturated carbocycles. The topological polar surface area (TPSA) is 35.2 Å². The molecule has 0 fully saturated rings. The molecule has 0 aliphatic carbocycles. The van der Waals surface area contributed by atoms with Crippen molar-refractivity contribution in [3.8, 4) is 5.75 Å². The van der Waals surface area contributed by atoms with Gasteiger partial charge in [0.15, 0.2) is 0 Å². The Kier molecular flexibility index (Phi) is 5.05. The fraction of sp³-hybridized carbons (Fsp3) is 0.294. The number of hydrogen-bond acceptors (Lipinski definition) is 2. The average molecular weight is 290 g/mol. The Morgan fingerprint density at radius 1 is 1.20 bits per heavy atom. The van der Waals surface area contributed by atoms with Gasteiger partial charge in [0.2, 0.25) is 0 Å². The maximum absolute atomic E-state index is 6.27. The molecule has 0 spiro atoms. The van der Waals surface area contributed by atoms with Gasteiger partial charge in [0.25, 0.3) is 0 Å². The van der Waals surface area contributed by atoms with Crippen LogP contribution < -0.4 is 10.5 Å². The van der Waals surface area contributed by atoms with Crippen LogP contribution in [0.1, 0.15) is 29.2 Å². The Morgan fingerprint density at radius 2 is 1.95 bits per heavy atom. The van der Waals surface area contributed by atoms with E-state index in [1.165, 1.54) is 0 Å². The van der Waals surface area contributed by atoms with Crippen LogP contribution in [0.4, 0.5) is 0 Å². The van der Waals surface area contributed by atoms with E-state index >= 15 is 0 Å². The van der Waals surface area contributed by atoms with Crippen molar-refractivity contribution in [3.05, 3.63) is 64.2 Å². The fourth-order valence-corrected chi connectivity index (χ4v) is 2.54. The molecule has 0 saturated heterocycles. The van der Waals surface area contributed by atoms with Crippen molar-refractivity contribution < 1.29 is 4.74 Å². The van der Waals surface area contributed by atoms with Crippen LogP contribution in [0.3, 0.4) is 0 Å². The van der Waals surface area contributed by atoms with E-state index in [1.807, 2.05) is 43.3 Å². The van der Waals surface area contributed by atoms with Gasteiger partial charge in [-0.15, -0.1) is 0 Å². The van der Waals surface area contributed by atoms with Crippen LogP contribution in [0.25, 0.3) is 0 Å². The summed E-state index contributed by atoms with van der Waals surface area (Å²) in [4.78, 5) is 0. The standard InChI is InChI=1S/C17H20ClNO/c1-12-11-14(8-10-17(12)20-2)16(19)9-7-13-5-3-4-6-15(13)18/h3-6,8,10-11,16H,7,9,19H2,1-2H3. The van der Waals surface area contributed by atoms with Crippen molar-refractivity contribution in [1.82, 2.24) is 0 Å². The predicted octanol–water partition coefficient (Wildman–Crippen LogP) is 4.29. The summed E-state index contributed by atoms with van der Waals surface area (Å²) >= 11 is 6.16. The van der Waals surface area contributed by atoms with Crippen LogP contribution in [-0.4, -0.2) is 7.11 Å². The molecule has 2 nitrogen and oxygen atoms in total. The molecule has 3 heteroatoms. The molecule has 0 radical (unpaired) electrons. The summed E-state index contributed by atoms with van der Waals surface area (Å²) in [5.74, 6) is 0.895. The molecule has 20 heavy (non-hydrogen) atoms. The maximum atomic E-state index is 6.27. The normalized spacial score (nSPS) is 12.2. The van der Waals surface area contributed by atoms with E-state index in [-0.39, 0.29) is 6.04 Å². The number of rotatable bonds is 5. The molecule has 2 aromatic rings. The molecule has 1 unspecified atom stereocenters. The van der Waals surface area contributed by atoms with Gasteiger partial charge in [-0.25, -0.2) is 0 Å². The summed E-state index contributed by atoms with van der Waals surface area (Å²) in [6, 6.07) is 14.0. The van der Waals surface area contributed by atoms with Crippen LogP contribution in [0.15, 0.2) is 42.5 Å². The average Bonchev–Trinajstić information content (AvgIpc) is 2.46. The third-order valence-corrected chi connectivity index (χ3v) is 3.90. The Hall–Kier alpha value is -1.51. The van der Waals surface area contributed by atoms with E-state index in [4.69, 9.17) is 22.1 Å². The van der Waals surface area contributed by atoms with Gasteiger partial charge in [-0.2, -0.15) is 0 Å². The molecular weight excluding hydrogens is 270 g/mol.